The monoisotopic (exact) mass is 487 g/mol. The molecule has 0 unspecified atom stereocenters. The molecular formula is C25H33N3O7. The van der Waals surface area contributed by atoms with E-state index in [2.05, 4.69) is 5.32 Å². The van der Waals surface area contributed by atoms with Crippen LogP contribution in [-0.4, -0.2) is 63.5 Å². The third-order valence-corrected chi connectivity index (χ3v) is 5.27. The molecule has 0 aromatic heterocycles. The van der Waals surface area contributed by atoms with Gasteiger partial charge in [-0.3, -0.25) is 19.6 Å². The van der Waals surface area contributed by atoms with Crippen molar-refractivity contribution in [2.45, 2.75) is 50.8 Å². The lowest BCUT2D eigenvalue weighted by molar-refractivity contribution is -0.166. The Hall–Kier alpha value is -3.47. The van der Waals surface area contributed by atoms with Crippen molar-refractivity contribution >= 4 is 17.8 Å². The van der Waals surface area contributed by atoms with Crippen molar-refractivity contribution in [3.8, 4) is 5.75 Å². The van der Waals surface area contributed by atoms with E-state index in [0.717, 1.165) is 16.9 Å². The van der Waals surface area contributed by atoms with Crippen LogP contribution in [0, 0.1) is 0 Å². The number of rotatable bonds is 16. The minimum atomic E-state index is -1.15. The van der Waals surface area contributed by atoms with Crippen LogP contribution in [0.4, 0.5) is 0 Å². The van der Waals surface area contributed by atoms with Gasteiger partial charge in [0.2, 0.25) is 5.91 Å². The van der Waals surface area contributed by atoms with Gasteiger partial charge in [-0.25, -0.2) is 5.06 Å². The van der Waals surface area contributed by atoms with Gasteiger partial charge in [0.05, 0.1) is 6.54 Å². The van der Waals surface area contributed by atoms with E-state index in [9.17, 15) is 19.6 Å². The molecular weight excluding hydrogens is 454 g/mol. The van der Waals surface area contributed by atoms with Gasteiger partial charge in [0.25, 0.3) is 0 Å². The first-order valence-electron chi connectivity index (χ1n) is 11.4. The van der Waals surface area contributed by atoms with E-state index in [-0.39, 0.29) is 38.8 Å². The first-order chi connectivity index (χ1) is 16.7. The molecule has 6 N–H and O–H groups in total. The molecule has 0 radical (unpaired) electrons. The molecule has 10 heteroatoms. The van der Waals surface area contributed by atoms with Crippen LogP contribution in [0.15, 0.2) is 54.6 Å². The number of carboxylic acid groups (broad SMARTS) is 2. The predicted molar refractivity (Wildman–Crippen MR) is 128 cm³/mol. The first-order valence-corrected chi connectivity index (χ1v) is 11.4. The number of hydroxylamine groups is 2. The lowest BCUT2D eigenvalue weighted by Crippen LogP contribution is -2.41. The molecule has 0 aliphatic rings. The molecule has 0 bridgehead atoms. The summed E-state index contributed by atoms with van der Waals surface area (Å²) < 4.78 is 5.76. The average Bonchev–Trinajstić information content (AvgIpc) is 2.83. The van der Waals surface area contributed by atoms with E-state index in [1.807, 2.05) is 54.6 Å². The Bertz CT molecular complexity index is 938. The normalized spacial score (nSPS) is 12.5. The van der Waals surface area contributed by atoms with E-state index in [1.165, 1.54) is 0 Å². The van der Waals surface area contributed by atoms with E-state index in [0.29, 0.717) is 18.1 Å². The number of amides is 1. The molecule has 10 nitrogen and oxygen atoms in total. The Labute approximate surface area is 204 Å². The van der Waals surface area contributed by atoms with Crippen LogP contribution >= 0.6 is 0 Å². The van der Waals surface area contributed by atoms with Gasteiger partial charge in [-0.05, 0) is 49.1 Å². The molecule has 0 spiro atoms. The van der Waals surface area contributed by atoms with E-state index in [1.54, 1.807) is 0 Å². The van der Waals surface area contributed by atoms with Crippen molar-refractivity contribution in [1.29, 1.82) is 0 Å². The van der Waals surface area contributed by atoms with Crippen LogP contribution in [0.1, 0.15) is 36.8 Å². The Kier molecular flexibility index (Phi) is 11.7. The summed E-state index contributed by atoms with van der Waals surface area (Å²) in [5.41, 5.74) is 8.10. The minimum Gasteiger partial charge on any atom is -0.489 e. The van der Waals surface area contributed by atoms with Gasteiger partial charge >= 0.3 is 11.9 Å². The van der Waals surface area contributed by atoms with Crippen LogP contribution in [0.2, 0.25) is 0 Å². The summed E-state index contributed by atoms with van der Waals surface area (Å²) in [4.78, 5) is 33.9. The second-order valence-electron chi connectivity index (χ2n) is 8.24. The number of carbonyl (C=O) groups is 3. The number of carbonyl (C=O) groups excluding carboxylic acids is 1. The second-order valence-corrected chi connectivity index (χ2v) is 8.24. The Morgan fingerprint density at radius 2 is 1.66 bits per heavy atom. The zero-order valence-corrected chi connectivity index (χ0v) is 19.5. The molecule has 35 heavy (non-hydrogen) atoms. The van der Waals surface area contributed by atoms with Gasteiger partial charge < -0.3 is 26.0 Å². The highest BCUT2D eigenvalue weighted by atomic mass is 16.5. The Morgan fingerprint density at radius 1 is 0.971 bits per heavy atom. The van der Waals surface area contributed by atoms with Crippen LogP contribution in [0.5, 0.6) is 5.75 Å². The van der Waals surface area contributed by atoms with Gasteiger partial charge in [0.15, 0.2) is 0 Å². The van der Waals surface area contributed by atoms with E-state index < -0.39 is 29.9 Å². The number of benzene rings is 2. The van der Waals surface area contributed by atoms with Crippen molar-refractivity contribution < 1.29 is 34.5 Å². The molecule has 0 saturated carbocycles. The van der Waals surface area contributed by atoms with Gasteiger partial charge in [-0.2, -0.15) is 0 Å². The van der Waals surface area contributed by atoms with Crippen molar-refractivity contribution in [2.24, 2.45) is 5.73 Å². The first kappa shape index (κ1) is 27.8. The molecule has 0 aliphatic carbocycles. The second kappa shape index (κ2) is 14.7. The maximum absolute atomic E-state index is 12.1. The summed E-state index contributed by atoms with van der Waals surface area (Å²) >= 11 is 0. The number of nitrogens with two attached hydrogens (primary N) is 1. The summed E-state index contributed by atoms with van der Waals surface area (Å²) in [7, 11) is 0. The van der Waals surface area contributed by atoms with Gasteiger partial charge in [-0.1, -0.05) is 42.5 Å². The summed E-state index contributed by atoms with van der Waals surface area (Å²) in [5.74, 6) is -2.02. The molecule has 0 heterocycles. The highest BCUT2D eigenvalue weighted by Gasteiger charge is 2.19. The molecule has 2 aromatic rings. The quantitative estimate of drug-likeness (QED) is 0.135. The van der Waals surface area contributed by atoms with Crippen LogP contribution < -0.4 is 15.8 Å². The average molecular weight is 488 g/mol. The summed E-state index contributed by atoms with van der Waals surface area (Å²) in [6.45, 7) is 0.617. The van der Waals surface area contributed by atoms with Crippen molar-refractivity contribution in [2.75, 3.05) is 13.1 Å². The fourth-order valence-corrected chi connectivity index (χ4v) is 3.38. The van der Waals surface area contributed by atoms with Crippen LogP contribution in [0.25, 0.3) is 0 Å². The van der Waals surface area contributed by atoms with Crippen molar-refractivity contribution in [3.05, 3.63) is 65.7 Å². The van der Waals surface area contributed by atoms with Gasteiger partial charge in [0, 0.05) is 18.9 Å². The third kappa shape index (κ3) is 11.0. The number of nitrogens with one attached hydrogen (secondary N) is 1. The molecule has 2 atom stereocenters. The maximum atomic E-state index is 12.1. The third-order valence-electron chi connectivity index (χ3n) is 5.27. The number of carboxylic acids is 2. The summed E-state index contributed by atoms with van der Waals surface area (Å²) in [6, 6.07) is 15.8. The zero-order valence-electron chi connectivity index (χ0n) is 19.5. The molecule has 2 aromatic carbocycles. The standard InChI is InChI=1S/C25H33N3O7/c26-20(15-18-8-10-21(11-9-18)35-17-19-5-2-1-3-6-19)16-28(34)23(29)7-4-14-27-22(25(32)33)12-13-24(30)31/h1-3,5-6,8-11,20,22,27,34H,4,7,12-17,26H2,(H,30,31)(H,32,33)/t20-,22-/m0/s1. The van der Waals surface area contributed by atoms with Gasteiger partial charge in [0.1, 0.15) is 18.4 Å². The number of ether oxygens (including phenoxy) is 1. The van der Waals surface area contributed by atoms with E-state index in [4.69, 9.17) is 20.7 Å². The lowest BCUT2D eigenvalue weighted by atomic mass is 10.1. The number of nitrogens with zero attached hydrogens (tertiary/aromatic N) is 1. The Balaban J connectivity index is 1.68. The van der Waals surface area contributed by atoms with Crippen molar-refractivity contribution in [3.63, 3.8) is 0 Å². The smallest absolute Gasteiger partial charge is 0.320 e. The summed E-state index contributed by atoms with van der Waals surface area (Å²) in [5, 5.41) is 31.1. The van der Waals surface area contributed by atoms with Crippen molar-refractivity contribution in [1.82, 2.24) is 10.4 Å². The molecule has 0 aliphatic heterocycles. The summed E-state index contributed by atoms with van der Waals surface area (Å²) in [6.07, 6.45) is 0.407. The fraction of sp³-hybridized carbons (Fsp3) is 0.400. The molecule has 0 fully saturated rings. The SMILES string of the molecule is N[C@@H](Cc1ccc(OCc2ccccc2)cc1)CN(O)C(=O)CCCN[C@@H](CCC(=O)O)C(=O)O. The fourth-order valence-electron chi connectivity index (χ4n) is 3.38. The largest absolute Gasteiger partial charge is 0.489 e. The minimum absolute atomic E-state index is 0.00502. The van der Waals surface area contributed by atoms with Crippen LogP contribution in [0.3, 0.4) is 0 Å². The van der Waals surface area contributed by atoms with E-state index >= 15 is 0 Å². The van der Waals surface area contributed by atoms with Gasteiger partial charge in [-0.15, -0.1) is 0 Å². The highest BCUT2D eigenvalue weighted by Crippen LogP contribution is 2.15. The topological polar surface area (TPSA) is 162 Å². The zero-order chi connectivity index (χ0) is 25.6. The highest BCUT2D eigenvalue weighted by molar-refractivity contribution is 5.75. The van der Waals surface area contributed by atoms with Crippen LogP contribution in [-0.2, 0) is 27.4 Å². The predicted octanol–water partition coefficient (Wildman–Crippen LogP) is 2.04. The molecule has 0 saturated heterocycles. The molecule has 1 amide bonds. The lowest BCUT2D eigenvalue weighted by Gasteiger charge is -2.20. The number of hydrogen-bond donors (Lipinski definition) is 5. The molecule has 2 rings (SSSR count). The number of hydrogen-bond acceptors (Lipinski definition) is 7. The Morgan fingerprint density at radius 3 is 2.29 bits per heavy atom. The number of aliphatic carboxylic acids is 2. The maximum Gasteiger partial charge on any atom is 0.320 e. The molecule has 190 valence electrons.